The van der Waals surface area contributed by atoms with E-state index < -0.39 is 11.7 Å². The van der Waals surface area contributed by atoms with Crippen LogP contribution in [0, 0.1) is 0 Å². The molecule has 2 heterocycles. The van der Waals surface area contributed by atoms with E-state index in [9.17, 15) is 4.79 Å². The first-order valence-corrected chi connectivity index (χ1v) is 7.35. The largest absolute Gasteiger partial charge is 0.444 e. The highest BCUT2D eigenvalue weighted by atomic mass is 35.5. The third kappa shape index (κ3) is 4.46. The van der Waals surface area contributed by atoms with Gasteiger partial charge >= 0.3 is 6.09 Å². The topological polar surface area (TPSA) is 79.9 Å². The minimum Gasteiger partial charge on any atom is -0.444 e. The van der Waals surface area contributed by atoms with Crippen LogP contribution >= 0.6 is 11.6 Å². The van der Waals surface area contributed by atoms with Crippen LogP contribution in [0.5, 0.6) is 0 Å². The van der Waals surface area contributed by atoms with E-state index in [1.807, 2.05) is 39.1 Å². The van der Waals surface area contributed by atoms with Gasteiger partial charge in [0.25, 0.3) is 0 Å². The number of halogens is 1. The predicted octanol–water partition coefficient (Wildman–Crippen LogP) is 3.54. The Labute approximate surface area is 133 Å². The molecule has 2 N–H and O–H groups in total. The molecular formula is C15H19ClN4O2. The average molecular weight is 323 g/mol. The van der Waals surface area contributed by atoms with E-state index in [4.69, 9.17) is 16.3 Å². The number of carbonyl (C=O) groups excluding carboxylic acids is 1. The number of nitrogens with zero attached hydrogens (tertiary/aromatic N) is 2. The van der Waals surface area contributed by atoms with Crippen molar-refractivity contribution >= 4 is 34.8 Å². The molecule has 0 aliphatic carbocycles. The predicted molar refractivity (Wildman–Crippen MR) is 86.8 cm³/mol. The fraction of sp³-hybridized carbons (Fsp3) is 0.400. The monoisotopic (exact) mass is 322 g/mol. The molecule has 0 bridgehead atoms. The summed E-state index contributed by atoms with van der Waals surface area (Å²) in [5.41, 5.74) is 1.94. The zero-order chi connectivity index (χ0) is 16.2. The van der Waals surface area contributed by atoms with Gasteiger partial charge in [-0.15, -0.1) is 0 Å². The van der Waals surface area contributed by atoms with E-state index in [0.717, 1.165) is 16.6 Å². The number of nitrogens with one attached hydrogen (secondary N) is 2. The van der Waals surface area contributed by atoms with Gasteiger partial charge in [0.1, 0.15) is 23.0 Å². The van der Waals surface area contributed by atoms with E-state index >= 15 is 0 Å². The molecule has 0 saturated heterocycles. The Kier molecular flexibility index (Phi) is 5.03. The molecule has 0 radical (unpaired) electrons. The van der Waals surface area contributed by atoms with Crippen LogP contribution in [-0.4, -0.2) is 33.2 Å². The van der Waals surface area contributed by atoms with Crippen LogP contribution in [-0.2, 0) is 4.74 Å². The lowest BCUT2D eigenvalue weighted by Gasteiger charge is -2.19. The summed E-state index contributed by atoms with van der Waals surface area (Å²) in [5.74, 6) is 0. The summed E-state index contributed by atoms with van der Waals surface area (Å²) in [4.78, 5) is 22.6. The molecule has 0 aliphatic heterocycles. The molecule has 1 amide bonds. The Morgan fingerprint density at radius 3 is 2.95 bits per heavy atom. The maximum atomic E-state index is 11.5. The van der Waals surface area contributed by atoms with Crippen molar-refractivity contribution < 1.29 is 9.53 Å². The Hall–Kier alpha value is -2.08. The lowest BCUT2D eigenvalue weighted by molar-refractivity contribution is 0.0529. The zero-order valence-electron chi connectivity index (χ0n) is 12.8. The van der Waals surface area contributed by atoms with E-state index in [-0.39, 0.29) is 0 Å². The van der Waals surface area contributed by atoms with Crippen LogP contribution in [0.1, 0.15) is 32.8 Å². The van der Waals surface area contributed by atoms with Gasteiger partial charge in [-0.3, -0.25) is 0 Å². The maximum Gasteiger partial charge on any atom is 0.407 e. The number of H-pyrrole nitrogens is 1. The fourth-order valence-corrected chi connectivity index (χ4v) is 2.03. The highest BCUT2D eigenvalue weighted by Gasteiger charge is 2.15. The van der Waals surface area contributed by atoms with E-state index in [2.05, 4.69) is 20.3 Å². The molecule has 2 aromatic rings. The van der Waals surface area contributed by atoms with Gasteiger partial charge in [0, 0.05) is 18.3 Å². The molecule has 0 saturated carbocycles. The Balaban J connectivity index is 1.85. The second-order valence-corrected chi connectivity index (χ2v) is 6.11. The molecule has 6 nitrogen and oxygen atoms in total. The summed E-state index contributed by atoms with van der Waals surface area (Å²) >= 11 is 5.97. The van der Waals surface area contributed by atoms with Crippen LogP contribution in [0.4, 0.5) is 4.79 Å². The van der Waals surface area contributed by atoms with Gasteiger partial charge in [-0.25, -0.2) is 14.8 Å². The quantitative estimate of drug-likeness (QED) is 0.666. The van der Waals surface area contributed by atoms with Gasteiger partial charge in [0.05, 0.1) is 0 Å². The molecule has 22 heavy (non-hydrogen) atoms. The molecule has 0 unspecified atom stereocenters. The normalized spacial score (nSPS) is 12.0. The number of ether oxygens (including phenoxy) is 1. The summed E-state index contributed by atoms with van der Waals surface area (Å²) in [6, 6.07) is 0. The van der Waals surface area contributed by atoms with Gasteiger partial charge in [0.15, 0.2) is 5.15 Å². The van der Waals surface area contributed by atoms with Crippen molar-refractivity contribution in [3.8, 4) is 0 Å². The van der Waals surface area contributed by atoms with Gasteiger partial charge in [-0.2, -0.15) is 0 Å². The third-order valence-corrected chi connectivity index (χ3v) is 3.01. The lowest BCUT2D eigenvalue weighted by Crippen LogP contribution is -2.32. The van der Waals surface area contributed by atoms with E-state index in [0.29, 0.717) is 18.1 Å². The van der Waals surface area contributed by atoms with Crippen molar-refractivity contribution in [2.24, 2.45) is 0 Å². The van der Waals surface area contributed by atoms with Crippen molar-refractivity contribution in [2.75, 3.05) is 6.54 Å². The minimum absolute atomic E-state index is 0.399. The lowest BCUT2D eigenvalue weighted by atomic mass is 10.2. The van der Waals surface area contributed by atoms with Crippen molar-refractivity contribution in [3.05, 3.63) is 29.3 Å². The van der Waals surface area contributed by atoms with Crippen LogP contribution in [0.25, 0.3) is 17.1 Å². The summed E-state index contributed by atoms with van der Waals surface area (Å²) in [6.07, 6.45) is 7.41. The SMILES string of the molecule is CC(C)(C)OC(=O)NCCC=Cc1c[nH]c2c(Cl)ncnc12. The van der Waals surface area contributed by atoms with Crippen molar-refractivity contribution in [1.82, 2.24) is 20.3 Å². The van der Waals surface area contributed by atoms with Crippen LogP contribution in [0.2, 0.25) is 5.15 Å². The highest BCUT2D eigenvalue weighted by molar-refractivity contribution is 6.33. The number of aromatic nitrogens is 3. The minimum atomic E-state index is -0.483. The second-order valence-electron chi connectivity index (χ2n) is 5.75. The third-order valence-electron chi connectivity index (χ3n) is 2.72. The van der Waals surface area contributed by atoms with Gasteiger partial charge < -0.3 is 15.0 Å². The molecule has 2 aromatic heterocycles. The number of hydrogen-bond donors (Lipinski definition) is 2. The Bertz CT molecular complexity index is 688. The first-order chi connectivity index (χ1) is 10.4. The summed E-state index contributed by atoms with van der Waals surface area (Å²) in [7, 11) is 0. The summed E-state index contributed by atoms with van der Waals surface area (Å²) < 4.78 is 5.15. The van der Waals surface area contributed by atoms with Gasteiger partial charge in [-0.1, -0.05) is 23.8 Å². The van der Waals surface area contributed by atoms with Crippen molar-refractivity contribution in [2.45, 2.75) is 32.8 Å². The number of fused-ring (bicyclic) bond motifs is 1. The number of hydrogen-bond acceptors (Lipinski definition) is 4. The van der Waals surface area contributed by atoms with Crippen LogP contribution in [0.3, 0.4) is 0 Å². The molecule has 0 fully saturated rings. The first-order valence-electron chi connectivity index (χ1n) is 6.98. The molecule has 7 heteroatoms. The molecule has 0 atom stereocenters. The smallest absolute Gasteiger partial charge is 0.407 e. The average Bonchev–Trinajstić information content (AvgIpc) is 2.81. The standard InChI is InChI=1S/C15H19ClN4O2/c1-15(2,3)22-14(21)17-7-5-4-6-10-8-18-12-11(10)19-9-20-13(12)16/h4,6,8-9,18H,5,7H2,1-3H3,(H,17,21). The molecule has 0 aliphatic rings. The number of carbonyl (C=O) groups is 1. The molecule has 2 rings (SSSR count). The molecular weight excluding hydrogens is 304 g/mol. The number of rotatable bonds is 4. The Morgan fingerprint density at radius 2 is 2.23 bits per heavy atom. The highest BCUT2D eigenvalue weighted by Crippen LogP contribution is 2.21. The van der Waals surface area contributed by atoms with E-state index in [1.165, 1.54) is 6.33 Å². The van der Waals surface area contributed by atoms with Gasteiger partial charge in [-0.05, 0) is 27.2 Å². The van der Waals surface area contributed by atoms with Crippen LogP contribution in [0.15, 0.2) is 18.6 Å². The van der Waals surface area contributed by atoms with E-state index in [1.54, 1.807) is 0 Å². The first kappa shape index (κ1) is 16.3. The molecule has 0 aromatic carbocycles. The fourth-order valence-electron chi connectivity index (χ4n) is 1.84. The Morgan fingerprint density at radius 1 is 1.45 bits per heavy atom. The number of amides is 1. The van der Waals surface area contributed by atoms with Crippen molar-refractivity contribution in [1.29, 1.82) is 0 Å². The zero-order valence-corrected chi connectivity index (χ0v) is 13.6. The molecule has 0 spiro atoms. The number of aromatic amines is 1. The maximum absolute atomic E-state index is 11.5. The summed E-state index contributed by atoms with van der Waals surface area (Å²) in [6.45, 7) is 5.99. The van der Waals surface area contributed by atoms with Crippen LogP contribution < -0.4 is 5.32 Å². The van der Waals surface area contributed by atoms with Crippen molar-refractivity contribution in [3.63, 3.8) is 0 Å². The summed E-state index contributed by atoms with van der Waals surface area (Å²) in [5, 5.41) is 3.10. The number of alkyl carbamates (subject to hydrolysis) is 1. The second kappa shape index (κ2) is 6.79. The van der Waals surface area contributed by atoms with Gasteiger partial charge in [0.2, 0.25) is 0 Å². The molecule has 118 valence electrons.